The summed E-state index contributed by atoms with van der Waals surface area (Å²) >= 11 is 0. The van der Waals surface area contributed by atoms with Gasteiger partial charge in [0.25, 0.3) is 5.91 Å². The van der Waals surface area contributed by atoms with Crippen LogP contribution in [-0.4, -0.2) is 40.5 Å². The van der Waals surface area contributed by atoms with Crippen molar-refractivity contribution in [3.63, 3.8) is 0 Å². The lowest BCUT2D eigenvalue weighted by Gasteiger charge is -2.20. The Hall–Kier alpha value is -3.03. The summed E-state index contributed by atoms with van der Waals surface area (Å²) in [7, 11) is 0. The summed E-state index contributed by atoms with van der Waals surface area (Å²) in [5.74, 6) is 0.474. The van der Waals surface area contributed by atoms with E-state index in [4.69, 9.17) is 4.74 Å². The Morgan fingerprint density at radius 1 is 1.21 bits per heavy atom. The number of alkyl halides is 3. The largest absolute Gasteiger partial charge is 0.491 e. The minimum Gasteiger partial charge on any atom is -0.491 e. The number of carbonyl (C=O) groups excluding carboxylic acids is 1. The molecule has 1 amide bonds. The summed E-state index contributed by atoms with van der Waals surface area (Å²) in [6.45, 7) is 1.43. The fourth-order valence-corrected chi connectivity index (χ4v) is 4.33. The average molecular weight is 401 g/mol. The Morgan fingerprint density at radius 3 is 2.76 bits per heavy atom. The molecule has 5 nitrogen and oxygen atoms in total. The fourth-order valence-electron chi connectivity index (χ4n) is 4.33. The maximum Gasteiger partial charge on any atom is 0.437 e. The molecular weight excluding hydrogens is 383 g/mol. The van der Waals surface area contributed by atoms with Crippen molar-refractivity contribution in [3.05, 3.63) is 60.0 Å². The van der Waals surface area contributed by atoms with E-state index in [0.29, 0.717) is 18.7 Å². The third-order valence-electron chi connectivity index (χ3n) is 5.93. The number of halogens is 3. The normalized spacial score (nSPS) is 23.3. The van der Waals surface area contributed by atoms with Crippen LogP contribution in [-0.2, 0) is 6.18 Å². The average Bonchev–Trinajstić information content (AvgIpc) is 3.07. The summed E-state index contributed by atoms with van der Waals surface area (Å²) in [6.07, 6.45) is -1.60. The van der Waals surface area contributed by atoms with Crippen LogP contribution in [0.3, 0.4) is 0 Å². The molecule has 1 aliphatic carbocycles. The number of carbonyl (C=O) groups is 1. The van der Waals surface area contributed by atoms with Crippen LogP contribution in [0, 0.1) is 17.8 Å². The van der Waals surface area contributed by atoms with Crippen LogP contribution in [0.2, 0.25) is 0 Å². The standard InChI is InChI=1S/C21H18F3N3O2/c22-21(23,24)19-18(2-1-6-26-19)29-11-16-14-9-27(10-15(14)16)20(28)13-4-3-12-5-7-25-17(12)8-13/h1-8,14-16,25H,9-11H2/t14-,15+,16-. The molecule has 150 valence electrons. The van der Waals surface area contributed by atoms with Gasteiger partial charge >= 0.3 is 6.18 Å². The first-order valence-corrected chi connectivity index (χ1v) is 9.43. The fraction of sp³-hybridized carbons (Fsp3) is 0.333. The number of hydrogen-bond donors (Lipinski definition) is 1. The van der Waals surface area contributed by atoms with Crippen molar-refractivity contribution < 1.29 is 22.7 Å². The lowest BCUT2D eigenvalue weighted by atomic mass is 10.1. The van der Waals surface area contributed by atoms with Gasteiger partial charge in [0.2, 0.25) is 0 Å². The Labute approximate surface area is 164 Å². The number of aromatic nitrogens is 2. The third kappa shape index (κ3) is 3.22. The minimum absolute atomic E-state index is 0.0139. The lowest BCUT2D eigenvalue weighted by Crippen LogP contribution is -2.32. The van der Waals surface area contributed by atoms with Gasteiger partial charge in [-0.15, -0.1) is 0 Å². The van der Waals surface area contributed by atoms with Crippen molar-refractivity contribution in [2.45, 2.75) is 6.18 Å². The highest BCUT2D eigenvalue weighted by Crippen LogP contribution is 2.52. The highest BCUT2D eigenvalue weighted by molar-refractivity contribution is 5.98. The van der Waals surface area contributed by atoms with Gasteiger partial charge < -0.3 is 14.6 Å². The number of nitrogens with one attached hydrogen (secondary N) is 1. The third-order valence-corrected chi connectivity index (χ3v) is 5.93. The number of ether oxygens (including phenoxy) is 1. The predicted molar refractivity (Wildman–Crippen MR) is 99.4 cm³/mol. The van der Waals surface area contributed by atoms with E-state index in [-0.39, 0.29) is 36.0 Å². The number of hydrogen-bond acceptors (Lipinski definition) is 3. The second-order valence-electron chi connectivity index (χ2n) is 7.64. The van der Waals surface area contributed by atoms with Crippen LogP contribution in [0.25, 0.3) is 10.9 Å². The predicted octanol–water partition coefficient (Wildman–Crippen LogP) is 3.98. The molecule has 1 saturated heterocycles. The zero-order valence-electron chi connectivity index (χ0n) is 15.3. The Bertz CT molecular complexity index is 1070. The highest BCUT2D eigenvalue weighted by atomic mass is 19.4. The maximum atomic E-state index is 13.0. The molecule has 2 aromatic heterocycles. The molecule has 0 spiro atoms. The molecule has 0 bridgehead atoms. The van der Waals surface area contributed by atoms with Crippen molar-refractivity contribution in [1.29, 1.82) is 0 Å². The number of pyridine rings is 1. The van der Waals surface area contributed by atoms with Crippen LogP contribution in [0.5, 0.6) is 5.75 Å². The Kier molecular flexibility index (Phi) is 4.04. The zero-order chi connectivity index (χ0) is 20.2. The summed E-state index contributed by atoms with van der Waals surface area (Å²) < 4.78 is 44.5. The van der Waals surface area contributed by atoms with E-state index in [2.05, 4.69) is 9.97 Å². The lowest BCUT2D eigenvalue weighted by molar-refractivity contribution is -0.142. The van der Waals surface area contributed by atoms with Crippen molar-refractivity contribution in [2.75, 3.05) is 19.7 Å². The second-order valence-corrected chi connectivity index (χ2v) is 7.64. The van der Waals surface area contributed by atoms with Gasteiger partial charge in [0.05, 0.1) is 6.61 Å². The van der Waals surface area contributed by atoms with E-state index < -0.39 is 11.9 Å². The maximum absolute atomic E-state index is 13.0. The molecule has 5 rings (SSSR count). The van der Waals surface area contributed by atoms with Gasteiger partial charge in [0.15, 0.2) is 5.69 Å². The first kappa shape index (κ1) is 18.0. The van der Waals surface area contributed by atoms with Gasteiger partial charge in [-0.3, -0.25) is 4.79 Å². The van der Waals surface area contributed by atoms with Crippen molar-refractivity contribution >= 4 is 16.8 Å². The highest BCUT2D eigenvalue weighted by Gasteiger charge is 2.57. The number of aromatic amines is 1. The van der Waals surface area contributed by atoms with E-state index in [0.717, 1.165) is 17.1 Å². The summed E-state index contributed by atoms with van der Waals surface area (Å²) in [6, 6.07) is 10.3. The van der Waals surface area contributed by atoms with E-state index in [1.165, 1.54) is 12.1 Å². The monoisotopic (exact) mass is 401 g/mol. The van der Waals surface area contributed by atoms with E-state index >= 15 is 0 Å². The van der Waals surface area contributed by atoms with E-state index in [1.807, 2.05) is 35.4 Å². The first-order valence-electron chi connectivity index (χ1n) is 9.43. The molecule has 2 aliphatic rings. The van der Waals surface area contributed by atoms with Crippen molar-refractivity contribution in [1.82, 2.24) is 14.9 Å². The van der Waals surface area contributed by atoms with Crippen LogP contribution < -0.4 is 4.74 Å². The molecule has 1 saturated carbocycles. The number of fused-ring (bicyclic) bond motifs is 2. The van der Waals surface area contributed by atoms with Gasteiger partial charge in [-0.25, -0.2) is 4.98 Å². The minimum atomic E-state index is -4.54. The number of amides is 1. The smallest absolute Gasteiger partial charge is 0.437 e. The van der Waals surface area contributed by atoms with Crippen LogP contribution in [0.1, 0.15) is 16.1 Å². The van der Waals surface area contributed by atoms with Crippen LogP contribution in [0.4, 0.5) is 13.2 Å². The first-order chi connectivity index (χ1) is 13.9. The second kappa shape index (κ2) is 6.50. The van der Waals surface area contributed by atoms with Gasteiger partial charge in [0, 0.05) is 42.5 Å². The zero-order valence-corrected chi connectivity index (χ0v) is 15.3. The number of nitrogens with zero attached hydrogens (tertiary/aromatic N) is 2. The van der Waals surface area contributed by atoms with Crippen molar-refractivity contribution in [3.8, 4) is 5.75 Å². The molecule has 29 heavy (non-hydrogen) atoms. The molecule has 8 heteroatoms. The Morgan fingerprint density at radius 2 is 2.00 bits per heavy atom. The number of benzene rings is 1. The number of H-pyrrole nitrogens is 1. The van der Waals surface area contributed by atoms with E-state index in [9.17, 15) is 18.0 Å². The topological polar surface area (TPSA) is 58.2 Å². The molecule has 3 atom stereocenters. The molecule has 1 aromatic carbocycles. The van der Waals surface area contributed by atoms with Gasteiger partial charge in [-0.1, -0.05) is 6.07 Å². The van der Waals surface area contributed by atoms with Crippen LogP contribution in [0.15, 0.2) is 48.8 Å². The summed E-state index contributed by atoms with van der Waals surface area (Å²) in [4.78, 5) is 21.1. The SMILES string of the molecule is O=C(c1ccc2cc[nH]c2c1)N1C[C@@H]2[C@H](COc3cccnc3C(F)(F)F)[C@@H]2C1. The summed E-state index contributed by atoms with van der Waals surface area (Å²) in [5, 5.41) is 1.05. The molecular formula is C21H18F3N3O2. The number of likely N-dealkylation sites (tertiary alicyclic amines) is 1. The molecule has 2 fully saturated rings. The molecule has 3 aromatic rings. The van der Waals surface area contributed by atoms with Gasteiger partial charge in [-0.2, -0.15) is 13.2 Å². The number of rotatable bonds is 4. The van der Waals surface area contributed by atoms with Gasteiger partial charge in [-0.05, 0) is 47.6 Å². The quantitative estimate of drug-likeness (QED) is 0.720. The summed E-state index contributed by atoms with van der Waals surface area (Å²) in [5.41, 5.74) is 0.560. The molecule has 0 unspecified atom stereocenters. The van der Waals surface area contributed by atoms with Crippen molar-refractivity contribution in [2.24, 2.45) is 17.8 Å². The molecule has 1 aliphatic heterocycles. The number of piperidine rings is 1. The van der Waals surface area contributed by atoms with E-state index in [1.54, 1.807) is 0 Å². The molecule has 3 heterocycles. The Balaban J connectivity index is 1.19. The molecule has 0 radical (unpaired) electrons. The van der Waals surface area contributed by atoms with Crippen LogP contribution >= 0.6 is 0 Å². The molecule has 1 N–H and O–H groups in total. The van der Waals surface area contributed by atoms with Gasteiger partial charge in [0.1, 0.15) is 5.75 Å².